The molecule has 2 aromatic rings. The molecule has 9 heteroatoms. The topological polar surface area (TPSA) is 96.9 Å². The number of aryl methyl sites for hydroxylation is 1. The highest BCUT2D eigenvalue weighted by molar-refractivity contribution is 7.17. The van der Waals surface area contributed by atoms with E-state index in [2.05, 4.69) is 15.8 Å². The van der Waals surface area contributed by atoms with Crippen LogP contribution in [0.4, 0.5) is 5.00 Å². The number of fused-ring (bicyclic) bond motifs is 1. The standard InChI is InChI=1S/C17H17N3O4S2/c1-24-17(23)13-11-6-2-3-7-12(11)26-16(13)19-14(21)15(22)20-18-9-10-5-4-8-25-10/h4-5,8-9H,2-3,6-7H2,1H3,(H,19,21)(H,20,22)/b18-9+. The van der Waals surface area contributed by atoms with E-state index in [1.807, 2.05) is 17.5 Å². The maximum Gasteiger partial charge on any atom is 0.341 e. The van der Waals surface area contributed by atoms with Crippen LogP contribution in [-0.2, 0) is 27.2 Å². The Bertz CT molecular complexity index is 856. The summed E-state index contributed by atoms with van der Waals surface area (Å²) in [6, 6.07) is 3.69. The minimum absolute atomic E-state index is 0.353. The minimum Gasteiger partial charge on any atom is -0.465 e. The number of carbonyl (C=O) groups excluding carboxylic acids is 3. The van der Waals surface area contributed by atoms with Crippen LogP contribution < -0.4 is 10.7 Å². The smallest absolute Gasteiger partial charge is 0.341 e. The molecule has 0 saturated carbocycles. The van der Waals surface area contributed by atoms with E-state index >= 15 is 0 Å². The lowest BCUT2D eigenvalue weighted by Crippen LogP contribution is -2.32. The average molecular weight is 391 g/mol. The van der Waals surface area contributed by atoms with E-state index in [0.29, 0.717) is 10.6 Å². The van der Waals surface area contributed by atoms with Crippen molar-refractivity contribution in [3.63, 3.8) is 0 Å². The summed E-state index contributed by atoms with van der Waals surface area (Å²) in [6.07, 6.45) is 5.11. The molecule has 3 rings (SSSR count). The van der Waals surface area contributed by atoms with Gasteiger partial charge in [-0.3, -0.25) is 9.59 Å². The number of nitrogens with one attached hydrogen (secondary N) is 2. The second kappa shape index (κ2) is 8.24. The van der Waals surface area contributed by atoms with Gasteiger partial charge in [0.2, 0.25) is 0 Å². The Kier molecular flexibility index (Phi) is 5.79. The molecule has 1 aliphatic carbocycles. The van der Waals surface area contributed by atoms with Crippen LogP contribution in [0.25, 0.3) is 0 Å². The maximum absolute atomic E-state index is 12.1. The van der Waals surface area contributed by atoms with E-state index in [4.69, 9.17) is 4.74 Å². The molecule has 1 aliphatic rings. The van der Waals surface area contributed by atoms with Gasteiger partial charge in [0.15, 0.2) is 0 Å². The van der Waals surface area contributed by atoms with Crippen LogP contribution in [0.3, 0.4) is 0 Å². The number of thiophene rings is 2. The van der Waals surface area contributed by atoms with E-state index in [0.717, 1.165) is 41.0 Å². The van der Waals surface area contributed by atoms with Crippen LogP contribution in [-0.4, -0.2) is 31.1 Å². The number of hydrogen-bond donors (Lipinski definition) is 2. The number of carbonyl (C=O) groups is 3. The Morgan fingerprint density at radius 1 is 1.23 bits per heavy atom. The molecule has 0 bridgehead atoms. The van der Waals surface area contributed by atoms with Crippen molar-refractivity contribution in [3.8, 4) is 0 Å². The van der Waals surface area contributed by atoms with Gasteiger partial charge in [0.25, 0.3) is 0 Å². The van der Waals surface area contributed by atoms with Gasteiger partial charge in [-0.1, -0.05) is 6.07 Å². The molecule has 0 fully saturated rings. The average Bonchev–Trinajstić information content (AvgIpc) is 3.28. The van der Waals surface area contributed by atoms with Crippen LogP contribution in [0.1, 0.15) is 38.5 Å². The summed E-state index contributed by atoms with van der Waals surface area (Å²) in [5, 5.41) is 8.50. The van der Waals surface area contributed by atoms with Crippen molar-refractivity contribution in [1.82, 2.24) is 5.43 Å². The van der Waals surface area contributed by atoms with Crippen LogP contribution in [0.15, 0.2) is 22.6 Å². The van der Waals surface area contributed by atoms with E-state index in [1.165, 1.54) is 36.0 Å². The lowest BCUT2D eigenvalue weighted by molar-refractivity contribution is -0.136. The van der Waals surface area contributed by atoms with Gasteiger partial charge in [0.05, 0.1) is 18.9 Å². The quantitative estimate of drug-likeness (QED) is 0.362. The van der Waals surface area contributed by atoms with Crippen molar-refractivity contribution >= 4 is 51.7 Å². The molecule has 0 spiro atoms. The Morgan fingerprint density at radius 2 is 2.04 bits per heavy atom. The molecule has 7 nitrogen and oxygen atoms in total. The maximum atomic E-state index is 12.1. The Hall–Kier alpha value is -2.52. The van der Waals surface area contributed by atoms with Crippen LogP contribution >= 0.6 is 22.7 Å². The van der Waals surface area contributed by atoms with Gasteiger partial charge in [0.1, 0.15) is 5.00 Å². The Morgan fingerprint density at radius 3 is 2.77 bits per heavy atom. The van der Waals surface area contributed by atoms with Crippen molar-refractivity contribution in [2.75, 3.05) is 12.4 Å². The normalized spacial score (nSPS) is 13.3. The number of rotatable bonds is 4. The second-order valence-electron chi connectivity index (χ2n) is 5.58. The molecule has 2 amide bonds. The van der Waals surface area contributed by atoms with Gasteiger partial charge in [-0.2, -0.15) is 5.10 Å². The van der Waals surface area contributed by atoms with Gasteiger partial charge in [-0.05, 0) is 42.7 Å². The number of hydrazone groups is 1. The van der Waals surface area contributed by atoms with Crippen LogP contribution in [0.5, 0.6) is 0 Å². The number of esters is 1. The molecule has 0 atom stereocenters. The van der Waals surface area contributed by atoms with Crippen molar-refractivity contribution in [2.24, 2.45) is 5.10 Å². The molecule has 0 aliphatic heterocycles. The summed E-state index contributed by atoms with van der Waals surface area (Å²) in [4.78, 5) is 38.1. The molecule has 136 valence electrons. The highest BCUT2D eigenvalue weighted by atomic mass is 32.1. The summed E-state index contributed by atoms with van der Waals surface area (Å²) >= 11 is 2.78. The number of amides is 2. The first kappa shape index (κ1) is 18.3. The lowest BCUT2D eigenvalue weighted by atomic mass is 9.95. The fraction of sp³-hybridized carbons (Fsp3) is 0.294. The molecular weight excluding hydrogens is 374 g/mol. The van der Waals surface area contributed by atoms with Gasteiger partial charge in [-0.15, -0.1) is 22.7 Å². The predicted octanol–water partition coefficient (Wildman–Crippen LogP) is 2.56. The highest BCUT2D eigenvalue weighted by Crippen LogP contribution is 2.38. The number of ether oxygens (including phenoxy) is 1. The first-order valence-electron chi connectivity index (χ1n) is 8.01. The van der Waals surface area contributed by atoms with Gasteiger partial charge in [0, 0.05) is 9.75 Å². The Labute approximate surface area is 158 Å². The summed E-state index contributed by atoms with van der Waals surface area (Å²) in [5.74, 6) is -2.28. The summed E-state index contributed by atoms with van der Waals surface area (Å²) in [6.45, 7) is 0. The van der Waals surface area contributed by atoms with Crippen LogP contribution in [0, 0.1) is 0 Å². The third kappa shape index (κ3) is 4.00. The fourth-order valence-electron chi connectivity index (χ4n) is 2.70. The Balaban J connectivity index is 1.71. The van der Waals surface area contributed by atoms with Crippen molar-refractivity contribution in [3.05, 3.63) is 38.4 Å². The molecule has 2 aromatic heterocycles. The van der Waals surface area contributed by atoms with E-state index in [-0.39, 0.29) is 0 Å². The first-order valence-corrected chi connectivity index (χ1v) is 9.70. The molecule has 0 unspecified atom stereocenters. The molecular formula is C17H17N3O4S2. The minimum atomic E-state index is -0.903. The van der Waals surface area contributed by atoms with Crippen molar-refractivity contribution in [1.29, 1.82) is 0 Å². The van der Waals surface area contributed by atoms with Crippen molar-refractivity contribution < 1.29 is 19.1 Å². The lowest BCUT2D eigenvalue weighted by Gasteiger charge is -2.11. The number of nitrogens with zero attached hydrogens (tertiary/aromatic N) is 1. The predicted molar refractivity (Wildman–Crippen MR) is 101 cm³/mol. The zero-order chi connectivity index (χ0) is 18.5. The third-order valence-electron chi connectivity index (χ3n) is 3.90. The van der Waals surface area contributed by atoms with Gasteiger partial charge >= 0.3 is 17.8 Å². The number of hydrogen-bond acceptors (Lipinski definition) is 7. The van der Waals surface area contributed by atoms with Crippen molar-refractivity contribution in [2.45, 2.75) is 25.7 Å². The summed E-state index contributed by atoms with van der Waals surface area (Å²) < 4.78 is 4.84. The second-order valence-corrected chi connectivity index (χ2v) is 7.66. The monoisotopic (exact) mass is 391 g/mol. The summed E-state index contributed by atoms with van der Waals surface area (Å²) in [5.41, 5.74) is 3.45. The first-order chi connectivity index (χ1) is 12.6. The molecule has 26 heavy (non-hydrogen) atoms. The third-order valence-corrected chi connectivity index (χ3v) is 5.91. The van der Waals surface area contributed by atoms with Gasteiger partial charge in [-0.25, -0.2) is 10.2 Å². The zero-order valence-electron chi connectivity index (χ0n) is 14.0. The molecule has 0 saturated heterocycles. The molecule has 0 radical (unpaired) electrons. The zero-order valence-corrected chi connectivity index (χ0v) is 15.7. The van der Waals surface area contributed by atoms with E-state index in [9.17, 15) is 14.4 Å². The van der Waals surface area contributed by atoms with E-state index in [1.54, 1.807) is 0 Å². The fourth-order valence-corrected chi connectivity index (χ4v) is 4.56. The molecule has 0 aromatic carbocycles. The molecule has 2 N–H and O–H groups in total. The van der Waals surface area contributed by atoms with Crippen LogP contribution in [0.2, 0.25) is 0 Å². The largest absolute Gasteiger partial charge is 0.465 e. The number of anilines is 1. The van der Waals surface area contributed by atoms with E-state index < -0.39 is 17.8 Å². The summed E-state index contributed by atoms with van der Waals surface area (Å²) in [7, 11) is 1.30. The number of methoxy groups -OCH3 is 1. The molecule has 2 heterocycles. The SMILES string of the molecule is COC(=O)c1c(NC(=O)C(=O)N/N=C/c2cccs2)sc2c1CCCC2. The van der Waals surface area contributed by atoms with Gasteiger partial charge < -0.3 is 10.1 Å². The highest BCUT2D eigenvalue weighted by Gasteiger charge is 2.28.